The summed E-state index contributed by atoms with van der Waals surface area (Å²) in [5.41, 5.74) is -0.132. The molecule has 4 heterocycles. The van der Waals surface area contributed by atoms with Crippen LogP contribution in [0.4, 0.5) is 13.6 Å². The highest BCUT2D eigenvalue weighted by atomic mass is 32.2. The molecule has 3 saturated heterocycles. The normalized spacial score (nSPS) is 31.3. The van der Waals surface area contributed by atoms with Gasteiger partial charge in [0.25, 0.3) is 5.91 Å². The standard InChI is InChI=1S/C23H31F2N5O7S/c1-9-15-14(10(2)27-19(31)18(24)25)21(33)30(15)16(22(34)35)17(9)38-12-6-13(26-7-12)20(32)29-5-4-11(8-29)28-23(36)37-3/h9-15,18,26H,4-8H2,1-3H3,(H,27,31)(H,28,36)(H,34,35)/t9-,10-,11+,12+,13+,14-,15-/m1/s1. The summed E-state index contributed by atoms with van der Waals surface area (Å²) >= 11 is 1.31. The lowest BCUT2D eigenvalue weighted by atomic mass is 9.78. The summed E-state index contributed by atoms with van der Waals surface area (Å²) < 4.78 is 30.0. The van der Waals surface area contributed by atoms with Gasteiger partial charge < -0.3 is 35.6 Å². The number of hydrogen-bond acceptors (Lipinski definition) is 8. The Hall–Kier alpha value is -2.94. The van der Waals surface area contributed by atoms with Crippen LogP contribution in [0.25, 0.3) is 0 Å². The average Bonchev–Trinajstić information content (AvgIpc) is 3.57. The number of β-lactam (4-membered cyclic amide) rings is 1. The van der Waals surface area contributed by atoms with E-state index in [0.29, 0.717) is 37.4 Å². The fourth-order valence-corrected chi connectivity index (χ4v) is 7.24. The van der Waals surface area contributed by atoms with Crippen LogP contribution in [0.1, 0.15) is 26.7 Å². The number of aliphatic carboxylic acids is 1. The van der Waals surface area contributed by atoms with E-state index < -0.39 is 60.3 Å². The number of methoxy groups -OCH3 is 1. The quantitative estimate of drug-likeness (QED) is 0.299. The van der Waals surface area contributed by atoms with Crippen LogP contribution in [0.2, 0.25) is 0 Å². The summed E-state index contributed by atoms with van der Waals surface area (Å²) in [4.78, 5) is 64.3. The van der Waals surface area contributed by atoms with Gasteiger partial charge >= 0.3 is 18.5 Å². The molecular weight excluding hydrogens is 528 g/mol. The van der Waals surface area contributed by atoms with Gasteiger partial charge in [-0.3, -0.25) is 14.4 Å². The minimum atomic E-state index is -3.22. The van der Waals surface area contributed by atoms with Gasteiger partial charge in [-0.15, -0.1) is 11.8 Å². The van der Waals surface area contributed by atoms with Gasteiger partial charge in [0.05, 0.1) is 31.2 Å². The molecule has 4 aliphatic heterocycles. The molecule has 0 spiro atoms. The highest BCUT2D eigenvalue weighted by molar-refractivity contribution is 8.03. The molecule has 38 heavy (non-hydrogen) atoms. The topological polar surface area (TPSA) is 157 Å². The molecule has 0 unspecified atom stereocenters. The number of amides is 4. The second-order valence-corrected chi connectivity index (χ2v) is 11.3. The maximum Gasteiger partial charge on any atom is 0.407 e. The molecule has 4 aliphatic rings. The van der Waals surface area contributed by atoms with Crippen LogP contribution < -0.4 is 16.0 Å². The first-order valence-electron chi connectivity index (χ1n) is 12.4. The molecule has 0 saturated carbocycles. The number of carboxylic acid groups (broad SMARTS) is 1. The molecule has 4 rings (SSSR count). The van der Waals surface area contributed by atoms with Crippen molar-refractivity contribution in [2.24, 2.45) is 11.8 Å². The number of nitrogens with one attached hydrogen (secondary N) is 3. The number of ether oxygens (including phenoxy) is 1. The molecule has 4 amide bonds. The smallest absolute Gasteiger partial charge is 0.407 e. The number of carboxylic acids is 1. The molecule has 0 aromatic rings. The van der Waals surface area contributed by atoms with Crippen molar-refractivity contribution in [2.75, 3.05) is 26.7 Å². The average molecular weight is 560 g/mol. The van der Waals surface area contributed by atoms with Gasteiger partial charge in [0.15, 0.2) is 0 Å². The maximum absolute atomic E-state index is 13.0. The van der Waals surface area contributed by atoms with Gasteiger partial charge in [-0.1, -0.05) is 6.92 Å². The van der Waals surface area contributed by atoms with E-state index in [1.165, 1.54) is 30.7 Å². The monoisotopic (exact) mass is 559 g/mol. The third-order valence-corrected chi connectivity index (χ3v) is 9.10. The molecule has 0 aliphatic carbocycles. The summed E-state index contributed by atoms with van der Waals surface area (Å²) in [5.74, 6) is -4.59. The van der Waals surface area contributed by atoms with Crippen LogP contribution in [-0.4, -0.2) is 107 Å². The van der Waals surface area contributed by atoms with E-state index >= 15 is 0 Å². The predicted octanol–water partition coefficient (Wildman–Crippen LogP) is -0.0503. The zero-order chi connectivity index (χ0) is 27.9. The number of carbonyl (C=O) groups excluding carboxylic acids is 4. The number of hydrogen-bond donors (Lipinski definition) is 4. The minimum absolute atomic E-state index is 0.100. The molecule has 210 valence electrons. The maximum atomic E-state index is 13.0. The molecule has 0 aromatic heterocycles. The van der Waals surface area contributed by atoms with Crippen molar-refractivity contribution in [3.8, 4) is 0 Å². The lowest BCUT2D eigenvalue weighted by molar-refractivity contribution is -0.159. The van der Waals surface area contributed by atoms with E-state index in [-0.39, 0.29) is 22.9 Å². The number of fused-ring (bicyclic) bond motifs is 1. The Bertz CT molecular complexity index is 1060. The summed E-state index contributed by atoms with van der Waals surface area (Å²) in [7, 11) is 1.27. The Morgan fingerprint density at radius 1 is 1.26 bits per heavy atom. The van der Waals surface area contributed by atoms with E-state index in [9.17, 15) is 37.9 Å². The molecule has 0 bridgehead atoms. The summed E-state index contributed by atoms with van der Waals surface area (Å²) in [6.07, 6.45) is -2.71. The molecule has 4 N–H and O–H groups in total. The van der Waals surface area contributed by atoms with E-state index in [1.807, 2.05) is 0 Å². The number of thioether (sulfide) groups is 1. The Labute approximate surface area is 221 Å². The fraction of sp³-hybridized carbons (Fsp3) is 0.696. The van der Waals surface area contributed by atoms with Crippen molar-refractivity contribution in [3.63, 3.8) is 0 Å². The lowest BCUT2D eigenvalue weighted by Crippen LogP contribution is -2.66. The van der Waals surface area contributed by atoms with Crippen molar-refractivity contribution in [1.29, 1.82) is 0 Å². The van der Waals surface area contributed by atoms with Crippen molar-refractivity contribution < 1.29 is 42.6 Å². The first-order valence-corrected chi connectivity index (χ1v) is 13.2. The summed E-state index contributed by atoms with van der Waals surface area (Å²) in [5, 5.41) is 17.8. The second kappa shape index (κ2) is 11.0. The second-order valence-electron chi connectivity index (χ2n) is 9.97. The summed E-state index contributed by atoms with van der Waals surface area (Å²) in [6.45, 7) is 4.55. The van der Waals surface area contributed by atoms with Crippen molar-refractivity contribution in [1.82, 2.24) is 25.8 Å². The van der Waals surface area contributed by atoms with E-state index in [2.05, 4.69) is 20.7 Å². The molecule has 12 nitrogen and oxygen atoms in total. The molecule has 15 heteroatoms. The Balaban J connectivity index is 1.39. The molecule has 3 fully saturated rings. The van der Waals surface area contributed by atoms with Crippen LogP contribution >= 0.6 is 11.8 Å². The van der Waals surface area contributed by atoms with Crippen molar-refractivity contribution in [2.45, 2.75) is 62.5 Å². The number of likely N-dealkylation sites (tertiary alicyclic amines) is 1. The van der Waals surface area contributed by atoms with Crippen LogP contribution in [0.15, 0.2) is 10.6 Å². The van der Waals surface area contributed by atoms with E-state index in [0.717, 1.165) is 0 Å². The van der Waals surface area contributed by atoms with E-state index in [1.54, 1.807) is 11.8 Å². The zero-order valence-corrected chi connectivity index (χ0v) is 21.9. The SMILES string of the molecule is COC(=O)N[C@H]1CCN(C(=O)[C@@H]2C[C@H](SC3=C(C(=O)O)N4C(=O)[C@H]([C@@H](C)NC(=O)C(F)F)[C@H]4[C@H]3C)CN2)C1. The number of rotatable bonds is 8. The third kappa shape index (κ3) is 5.17. The highest BCUT2D eigenvalue weighted by Gasteiger charge is 2.60. The van der Waals surface area contributed by atoms with Crippen molar-refractivity contribution >= 4 is 41.5 Å². The molecule has 7 atom stereocenters. The van der Waals surface area contributed by atoms with Gasteiger partial charge in [0.2, 0.25) is 11.8 Å². The van der Waals surface area contributed by atoms with Gasteiger partial charge in [-0.05, 0) is 19.8 Å². The largest absolute Gasteiger partial charge is 0.477 e. The zero-order valence-electron chi connectivity index (χ0n) is 21.1. The fourth-order valence-electron chi connectivity index (χ4n) is 5.76. The number of alkyl halides is 2. The molecule has 0 aromatic carbocycles. The Kier molecular flexibility index (Phi) is 8.16. The van der Waals surface area contributed by atoms with Crippen LogP contribution in [0, 0.1) is 11.8 Å². The molecular formula is C23H31F2N5O7S. The van der Waals surface area contributed by atoms with Gasteiger partial charge in [0, 0.05) is 41.7 Å². The number of halogens is 2. The number of nitrogens with zero attached hydrogens (tertiary/aromatic N) is 2. The Morgan fingerprint density at radius 2 is 1.97 bits per heavy atom. The minimum Gasteiger partial charge on any atom is -0.477 e. The molecule has 0 radical (unpaired) electrons. The van der Waals surface area contributed by atoms with Crippen molar-refractivity contribution in [3.05, 3.63) is 10.6 Å². The predicted molar refractivity (Wildman–Crippen MR) is 130 cm³/mol. The van der Waals surface area contributed by atoms with Gasteiger partial charge in [0.1, 0.15) is 5.70 Å². The number of alkyl carbamates (subject to hydrolysis) is 1. The third-order valence-electron chi connectivity index (χ3n) is 7.59. The van der Waals surface area contributed by atoms with Crippen LogP contribution in [-0.2, 0) is 23.9 Å². The van der Waals surface area contributed by atoms with Gasteiger partial charge in [-0.25, -0.2) is 9.59 Å². The lowest BCUT2D eigenvalue weighted by Gasteiger charge is -2.47. The highest BCUT2D eigenvalue weighted by Crippen LogP contribution is 2.51. The van der Waals surface area contributed by atoms with E-state index in [4.69, 9.17) is 0 Å². The first kappa shape index (κ1) is 28.1. The van der Waals surface area contributed by atoms with Crippen LogP contribution in [0.5, 0.6) is 0 Å². The Morgan fingerprint density at radius 3 is 2.61 bits per heavy atom. The van der Waals surface area contributed by atoms with Gasteiger partial charge in [-0.2, -0.15) is 8.78 Å². The first-order chi connectivity index (χ1) is 17.9. The summed E-state index contributed by atoms with van der Waals surface area (Å²) in [6, 6.07) is -2.12. The van der Waals surface area contributed by atoms with Crippen LogP contribution in [0.3, 0.4) is 0 Å². The number of carbonyl (C=O) groups is 5.